The average Bonchev–Trinajstić information content (AvgIpc) is 3.85. The molecule has 0 bridgehead atoms. The predicted molar refractivity (Wildman–Crippen MR) is 201 cm³/mol. The molecule has 2 aromatic heterocycles. The van der Waals surface area contributed by atoms with E-state index in [0.717, 1.165) is 16.3 Å². The molecule has 0 unspecified atom stereocenters. The van der Waals surface area contributed by atoms with E-state index in [9.17, 15) is 18.4 Å². The molecule has 0 saturated heterocycles. The van der Waals surface area contributed by atoms with E-state index in [1.807, 2.05) is 30.3 Å². The number of halogens is 3. The molecule has 55 heavy (non-hydrogen) atoms. The molecule has 0 saturated carbocycles. The minimum Gasteiger partial charge on any atom is -0.495 e. The first kappa shape index (κ1) is 39.4. The zero-order chi connectivity index (χ0) is 39.5. The Morgan fingerprint density at radius 2 is 1.69 bits per heavy atom. The van der Waals surface area contributed by atoms with E-state index < -0.39 is 24.1 Å². The smallest absolute Gasteiger partial charge is 0.438 e. The lowest BCUT2D eigenvalue weighted by atomic mass is 10.0. The molecular formula is C39H34ClF2N7O6. The van der Waals surface area contributed by atoms with Crippen LogP contribution in [0.2, 0.25) is 5.02 Å². The van der Waals surface area contributed by atoms with Crippen molar-refractivity contribution < 1.29 is 37.4 Å². The summed E-state index contributed by atoms with van der Waals surface area (Å²) in [5.41, 5.74) is 3.55. The molecule has 13 nitrogen and oxygen atoms in total. The van der Waals surface area contributed by atoms with Crippen LogP contribution in [-0.4, -0.2) is 52.9 Å². The van der Waals surface area contributed by atoms with Gasteiger partial charge in [0, 0.05) is 47.3 Å². The predicted octanol–water partition coefficient (Wildman–Crippen LogP) is 8.40. The van der Waals surface area contributed by atoms with Crippen LogP contribution < -0.4 is 19.9 Å². The summed E-state index contributed by atoms with van der Waals surface area (Å²) < 4.78 is 44.9. The van der Waals surface area contributed by atoms with Crippen LogP contribution in [0, 0.1) is 11.3 Å². The van der Waals surface area contributed by atoms with Gasteiger partial charge < -0.3 is 19.5 Å². The Morgan fingerprint density at radius 3 is 2.38 bits per heavy atom. The Labute approximate surface area is 319 Å². The number of methoxy groups -OCH3 is 2. The van der Waals surface area contributed by atoms with Gasteiger partial charge in [-0.15, -0.1) is 5.10 Å². The molecule has 0 atom stereocenters. The Bertz CT molecular complexity index is 2310. The van der Waals surface area contributed by atoms with Gasteiger partial charge in [0.25, 0.3) is 12.3 Å². The van der Waals surface area contributed by atoms with Gasteiger partial charge in [-0.25, -0.2) is 18.3 Å². The molecule has 0 spiro atoms. The Morgan fingerprint density at radius 1 is 0.964 bits per heavy atom. The maximum Gasteiger partial charge on any atom is 0.438 e. The molecule has 0 aliphatic heterocycles. The molecular weight excluding hydrogens is 736 g/mol. The normalized spacial score (nSPS) is 10.5. The monoisotopic (exact) mass is 769 g/mol. The second-order valence-electron chi connectivity index (χ2n) is 11.4. The van der Waals surface area contributed by atoms with Crippen molar-refractivity contribution in [2.24, 2.45) is 7.05 Å². The van der Waals surface area contributed by atoms with E-state index in [1.165, 1.54) is 39.3 Å². The molecule has 0 fully saturated rings. The Balaban J connectivity index is 0.000000211. The number of benzene rings is 4. The Hall–Kier alpha value is -6.76. The minimum absolute atomic E-state index is 0.190. The van der Waals surface area contributed by atoms with Crippen molar-refractivity contribution in [2.75, 3.05) is 31.7 Å². The molecule has 0 radical (unpaired) electrons. The first-order chi connectivity index (χ1) is 26.6. The van der Waals surface area contributed by atoms with Crippen molar-refractivity contribution in [1.82, 2.24) is 19.6 Å². The highest BCUT2D eigenvalue weighted by atomic mass is 35.5. The Kier molecular flexibility index (Phi) is 13.1. The van der Waals surface area contributed by atoms with Gasteiger partial charge in [0.1, 0.15) is 24.1 Å². The number of amides is 2. The van der Waals surface area contributed by atoms with Gasteiger partial charge in [-0.1, -0.05) is 54.1 Å². The van der Waals surface area contributed by atoms with Crippen LogP contribution in [-0.2, 0) is 23.2 Å². The molecule has 0 aliphatic carbocycles. The number of para-hydroxylation sites is 2. The van der Waals surface area contributed by atoms with Gasteiger partial charge in [-0.3, -0.25) is 14.3 Å². The number of anilines is 2. The summed E-state index contributed by atoms with van der Waals surface area (Å²) in [5.74, 6) is 0.159. The number of hydrogen-bond acceptors (Lipinski definition) is 9. The van der Waals surface area contributed by atoms with Crippen LogP contribution in [0.25, 0.3) is 16.8 Å². The highest BCUT2D eigenvalue weighted by Crippen LogP contribution is 2.33. The van der Waals surface area contributed by atoms with Crippen molar-refractivity contribution in [2.45, 2.75) is 13.0 Å². The maximum atomic E-state index is 13.1. The second kappa shape index (κ2) is 18.3. The summed E-state index contributed by atoms with van der Waals surface area (Å²) in [6, 6.07) is 30.3. The van der Waals surface area contributed by atoms with Crippen LogP contribution in [0.5, 0.6) is 11.6 Å². The molecule has 0 aliphatic rings. The lowest BCUT2D eigenvalue weighted by Crippen LogP contribution is -2.30. The molecule has 16 heteroatoms. The average molecular weight is 770 g/mol. The molecule has 4 aromatic carbocycles. The fourth-order valence-corrected chi connectivity index (χ4v) is 5.41. The number of ether oxygens (including phenoxy) is 3. The van der Waals surface area contributed by atoms with E-state index in [4.69, 9.17) is 35.9 Å². The number of hydrogen-bond donors (Lipinski definition) is 1. The van der Waals surface area contributed by atoms with Crippen LogP contribution >= 0.6 is 11.6 Å². The van der Waals surface area contributed by atoms with Crippen LogP contribution in [0.15, 0.2) is 109 Å². The molecule has 2 amide bonds. The van der Waals surface area contributed by atoms with Crippen molar-refractivity contribution >= 4 is 35.0 Å². The third-order valence-electron chi connectivity index (χ3n) is 7.88. The second-order valence-corrected chi connectivity index (χ2v) is 11.8. The van der Waals surface area contributed by atoms with Crippen molar-refractivity contribution in [3.63, 3.8) is 0 Å². The molecule has 1 N–H and O–H groups in total. The number of carbonyl (C=O) groups is 2. The summed E-state index contributed by atoms with van der Waals surface area (Å²) in [5, 5.41) is 21.6. The number of aromatic nitrogens is 4. The first-order valence-electron chi connectivity index (χ1n) is 16.3. The number of aryl methyl sites for hydroxylation is 1. The van der Waals surface area contributed by atoms with Crippen molar-refractivity contribution in [3.05, 3.63) is 137 Å². The summed E-state index contributed by atoms with van der Waals surface area (Å²) in [6.45, 7) is 0.199. The highest BCUT2D eigenvalue weighted by Gasteiger charge is 2.24. The summed E-state index contributed by atoms with van der Waals surface area (Å²) >= 11 is 5.91. The molecule has 6 rings (SSSR count). The summed E-state index contributed by atoms with van der Waals surface area (Å²) in [7, 11) is 5.61. The lowest BCUT2D eigenvalue weighted by Gasteiger charge is -2.20. The largest absolute Gasteiger partial charge is 0.495 e. The molecule has 6 aromatic rings. The number of nitriles is 1. The van der Waals surface area contributed by atoms with E-state index >= 15 is 0 Å². The zero-order valence-corrected chi connectivity index (χ0v) is 30.7. The fourth-order valence-electron chi connectivity index (χ4n) is 5.29. The topological polar surface area (TPSA) is 146 Å². The number of alkyl halides is 2. The first-order valence-corrected chi connectivity index (χ1v) is 16.7. The number of nitrogens with zero attached hydrogens (tertiary/aromatic N) is 6. The third kappa shape index (κ3) is 9.62. The van der Waals surface area contributed by atoms with E-state index in [1.54, 1.807) is 83.7 Å². The van der Waals surface area contributed by atoms with E-state index in [-0.39, 0.29) is 12.2 Å². The highest BCUT2D eigenvalue weighted by molar-refractivity contribution is 6.30. The number of carbonyl (C=O) groups excluding carboxylic acids is 2. The van der Waals surface area contributed by atoms with Gasteiger partial charge in [-0.2, -0.15) is 15.4 Å². The molecule has 2 heterocycles. The van der Waals surface area contributed by atoms with Gasteiger partial charge in [0.15, 0.2) is 0 Å². The maximum absolute atomic E-state index is 13.1. The summed E-state index contributed by atoms with van der Waals surface area (Å²) in [4.78, 5) is 29.6. The lowest BCUT2D eigenvalue weighted by molar-refractivity contribution is 0.101. The number of hydroxylamine groups is 1. The standard InChI is InChI=1S/C20H16F2N4O2.C19H18ClN3O4/c1-26-11-15(18(25-26)19(21)22)20(27)24-16-6-4-3-5-14(16)12-7-8-13(10-23)17(9-12)28-2;1-25-19(24)23(26-2)17-6-4-3-5-14(17)13-27-18-11-12-22(21-18)16-9-7-15(20)8-10-16/h3-9,11,19H,1-2H3,(H,24,27);3-12H,13H2,1-2H3. The van der Waals surface area contributed by atoms with Crippen LogP contribution in [0.1, 0.15) is 33.6 Å². The van der Waals surface area contributed by atoms with Gasteiger partial charge in [0.05, 0.1) is 43.8 Å². The van der Waals surface area contributed by atoms with Crippen LogP contribution in [0.3, 0.4) is 0 Å². The number of nitrogens with one attached hydrogen (secondary N) is 1. The zero-order valence-electron chi connectivity index (χ0n) is 29.9. The third-order valence-corrected chi connectivity index (χ3v) is 8.13. The summed E-state index contributed by atoms with van der Waals surface area (Å²) in [6.07, 6.45) is -0.443. The van der Waals surface area contributed by atoms with Crippen molar-refractivity contribution in [3.8, 4) is 34.5 Å². The number of rotatable bonds is 11. The van der Waals surface area contributed by atoms with E-state index in [2.05, 4.69) is 15.5 Å². The quantitative estimate of drug-likeness (QED) is 0.128. The van der Waals surface area contributed by atoms with E-state index in [0.29, 0.717) is 44.7 Å². The van der Waals surface area contributed by atoms with Gasteiger partial charge in [0.2, 0.25) is 5.88 Å². The fraction of sp³-hybridized carbons (Fsp3) is 0.154. The minimum atomic E-state index is -2.86. The van der Waals surface area contributed by atoms with Gasteiger partial charge in [-0.05, 0) is 54.1 Å². The van der Waals surface area contributed by atoms with Crippen LogP contribution in [0.4, 0.5) is 25.0 Å². The molecule has 282 valence electrons. The van der Waals surface area contributed by atoms with Crippen molar-refractivity contribution in [1.29, 1.82) is 5.26 Å². The van der Waals surface area contributed by atoms with Gasteiger partial charge >= 0.3 is 6.09 Å². The SMILES string of the molecule is COC(=O)N(OC)c1ccccc1COc1ccn(-c2ccc(Cl)cc2)n1.COc1cc(-c2ccccc2NC(=O)c2cn(C)nc2C(F)F)ccc1C#N.